The Labute approximate surface area is 182 Å². The van der Waals surface area contributed by atoms with Crippen molar-refractivity contribution in [1.82, 2.24) is 0 Å². The summed E-state index contributed by atoms with van der Waals surface area (Å²) < 4.78 is 25.3. The fourth-order valence-electron chi connectivity index (χ4n) is 4.30. The van der Waals surface area contributed by atoms with E-state index < -0.39 is 36.5 Å². The molecule has 0 amide bonds. The molecule has 0 aromatic heterocycles. The monoisotopic (exact) mass is 418 g/mol. The van der Waals surface area contributed by atoms with Gasteiger partial charge in [-0.1, -0.05) is 91.0 Å². The van der Waals surface area contributed by atoms with Crippen molar-refractivity contribution < 1.29 is 24.1 Å². The fraction of sp³-hybridized carbons (Fsp3) is 0.308. The molecular weight excluding hydrogens is 392 g/mol. The van der Waals surface area contributed by atoms with Crippen molar-refractivity contribution in [2.45, 2.75) is 50.0 Å². The summed E-state index contributed by atoms with van der Waals surface area (Å²) in [4.78, 5) is 0. The Bertz CT molecular complexity index is 939. The Hall–Kier alpha value is -2.54. The van der Waals surface area contributed by atoms with Crippen LogP contribution in [-0.2, 0) is 31.3 Å². The summed E-state index contributed by atoms with van der Waals surface area (Å²) in [5, 5.41) is 10.9. The second kappa shape index (κ2) is 8.54. The zero-order chi connectivity index (χ0) is 21.3. The average molecular weight is 418 g/mol. The minimum Gasteiger partial charge on any atom is -0.388 e. The topological polar surface area (TPSA) is 57.2 Å². The molecule has 5 nitrogen and oxygen atoms in total. The van der Waals surface area contributed by atoms with Gasteiger partial charge in [-0.2, -0.15) is 0 Å². The summed E-state index contributed by atoms with van der Waals surface area (Å²) in [5.41, 5.74) is 2.76. The molecule has 0 radical (unpaired) electrons. The van der Waals surface area contributed by atoms with E-state index in [9.17, 15) is 5.11 Å². The van der Waals surface area contributed by atoms with Gasteiger partial charge in [-0.3, -0.25) is 0 Å². The third-order valence-electron chi connectivity index (χ3n) is 5.93. The maximum absolute atomic E-state index is 10.9. The van der Waals surface area contributed by atoms with Gasteiger partial charge in [0.15, 0.2) is 6.29 Å². The Morgan fingerprint density at radius 2 is 1.29 bits per heavy atom. The van der Waals surface area contributed by atoms with Crippen LogP contribution in [-0.4, -0.2) is 35.8 Å². The van der Waals surface area contributed by atoms with Gasteiger partial charge in [0.1, 0.15) is 18.3 Å². The normalized spacial score (nSPS) is 29.4. The van der Waals surface area contributed by atoms with Gasteiger partial charge in [-0.05, 0) is 12.5 Å². The van der Waals surface area contributed by atoms with E-state index in [2.05, 4.69) is 0 Å². The van der Waals surface area contributed by atoms with E-state index in [1.807, 2.05) is 97.9 Å². The lowest BCUT2D eigenvalue weighted by Crippen LogP contribution is -2.55. The van der Waals surface area contributed by atoms with Gasteiger partial charge < -0.3 is 24.1 Å². The van der Waals surface area contributed by atoms with Crippen molar-refractivity contribution in [1.29, 1.82) is 0 Å². The van der Waals surface area contributed by atoms with E-state index in [4.69, 9.17) is 18.9 Å². The third kappa shape index (κ3) is 3.80. The van der Waals surface area contributed by atoms with E-state index in [0.717, 1.165) is 16.7 Å². The SMILES string of the molecule is C[C@@H]1O[C@@H](OCc2ccccc2)[C@@H]2OC(c3ccccc3)(c3ccccc3)O[C@@H]2[C@H]1O. The zero-order valence-corrected chi connectivity index (χ0v) is 17.3. The minimum absolute atomic E-state index is 0.380. The Kier molecular flexibility index (Phi) is 5.61. The summed E-state index contributed by atoms with van der Waals surface area (Å²) in [6.07, 6.45) is -3.14. The van der Waals surface area contributed by atoms with Gasteiger partial charge in [-0.15, -0.1) is 0 Å². The van der Waals surface area contributed by atoms with Crippen LogP contribution >= 0.6 is 0 Å². The highest BCUT2D eigenvalue weighted by molar-refractivity contribution is 5.35. The number of fused-ring (bicyclic) bond motifs is 1. The predicted octanol–water partition coefficient (Wildman–Crippen LogP) is 3.99. The first-order valence-corrected chi connectivity index (χ1v) is 10.6. The van der Waals surface area contributed by atoms with Crippen LogP contribution in [0.4, 0.5) is 0 Å². The molecule has 0 aliphatic carbocycles. The maximum Gasteiger partial charge on any atom is 0.223 e. The molecular formula is C26H26O5. The average Bonchev–Trinajstić information content (AvgIpc) is 3.25. The molecule has 5 atom stereocenters. The zero-order valence-electron chi connectivity index (χ0n) is 17.3. The summed E-state index contributed by atoms with van der Waals surface area (Å²) in [5.74, 6) is -1.15. The number of aliphatic hydroxyl groups excluding tert-OH is 1. The van der Waals surface area contributed by atoms with Gasteiger partial charge >= 0.3 is 0 Å². The molecule has 2 heterocycles. The molecule has 3 aromatic carbocycles. The molecule has 160 valence electrons. The molecule has 2 fully saturated rings. The number of hydrogen-bond donors (Lipinski definition) is 1. The van der Waals surface area contributed by atoms with Crippen molar-refractivity contribution in [2.24, 2.45) is 0 Å². The van der Waals surface area contributed by atoms with Crippen molar-refractivity contribution >= 4 is 0 Å². The summed E-state index contributed by atoms with van der Waals surface area (Å²) in [6, 6.07) is 29.5. The Morgan fingerprint density at radius 1 is 0.774 bits per heavy atom. The largest absolute Gasteiger partial charge is 0.388 e. The molecule has 31 heavy (non-hydrogen) atoms. The molecule has 3 aromatic rings. The second-order valence-corrected chi connectivity index (χ2v) is 8.01. The Balaban J connectivity index is 1.49. The summed E-state index contributed by atoms with van der Waals surface area (Å²) in [7, 11) is 0. The quantitative estimate of drug-likeness (QED) is 0.679. The van der Waals surface area contributed by atoms with Crippen LogP contribution in [0.25, 0.3) is 0 Å². The number of benzene rings is 3. The lowest BCUT2D eigenvalue weighted by atomic mass is 9.97. The number of ether oxygens (including phenoxy) is 4. The highest BCUT2D eigenvalue weighted by Gasteiger charge is 2.58. The van der Waals surface area contributed by atoms with Gasteiger partial charge in [0.05, 0.1) is 12.7 Å². The predicted molar refractivity (Wildman–Crippen MR) is 115 cm³/mol. The molecule has 2 aliphatic heterocycles. The van der Waals surface area contributed by atoms with Gasteiger partial charge in [0.25, 0.3) is 0 Å². The molecule has 1 N–H and O–H groups in total. The van der Waals surface area contributed by atoms with E-state index in [1.54, 1.807) is 0 Å². The van der Waals surface area contributed by atoms with Crippen LogP contribution in [0, 0.1) is 0 Å². The molecule has 0 spiro atoms. The first-order valence-electron chi connectivity index (χ1n) is 10.6. The number of aliphatic hydroxyl groups is 1. The van der Waals surface area contributed by atoms with Crippen molar-refractivity contribution in [2.75, 3.05) is 0 Å². The van der Waals surface area contributed by atoms with Crippen molar-refractivity contribution in [3.05, 3.63) is 108 Å². The number of rotatable bonds is 5. The third-order valence-corrected chi connectivity index (χ3v) is 5.93. The first-order chi connectivity index (χ1) is 15.2. The minimum atomic E-state index is -1.15. The fourth-order valence-corrected chi connectivity index (χ4v) is 4.30. The molecule has 0 unspecified atom stereocenters. The van der Waals surface area contributed by atoms with Crippen molar-refractivity contribution in [3.8, 4) is 0 Å². The number of hydrogen-bond acceptors (Lipinski definition) is 5. The lowest BCUT2D eigenvalue weighted by Gasteiger charge is -2.38. The lowest BCUT2D eigenvalue weighted by molar-refractivity contribution is -0.275. The van der Waals surface area contributed by atoms with Crippen LogP contribution in [0.5, 0.6) is 0 Å². The highest BCUT2D eigenvalue weighted by atomic mass is 16.8. The standard InChI is InChI=1S/C26H26O5/c1-18-22(27)23-24(25(29-18)28-17-19-11-5-2-6-12-19)31-26(30-23,20-13-7-3-8-14-20)21-15-9-4-10-16-21/h2-16,18,22-25,27H,17H2,1H3/t18-,22-,23+,24+,25+/m0/s1. The van der Waals surface area contributed by atoms with Crippen LogP contribution < -0.4 is 0 Å². The van der Waals surface area contributed by atoms with Crippen LogP contribution in [0.3, 0.4) is 0 Å². The smallest absolute Gasteiger partial charge is 0.223 e. The first kappa shape index (κ1) is 20.4. The molecule has 5 rings (SSSR count). The molecule has 2 saturated heterocycles. The van der Waals surface area contributed by atoms with E-state index >= 15 is 0 Å². The van der Waals surface area contributed by atoms with E-state index in [0.29, 0.717) is 6.61 Å². The van der Waals surface area contributed by atoms with E-state index in [1.165, 1.54) is 0 Å². The molecule has 2 aliphatic rings. The van der Waals surface area contributed by atoms with Gasteiger partial charge in [-0.25, -0.2) is 0 Å². The summed E-state index contributed by atoms with van der Waals surface area (Å²) in [6.45, 7) is 2.21. The van der Waals surface area contributed by atoms with Gasteiger partial charge in [0, 0.05) is 11.1 Å². The molecule has 0 bridgehead atoms. The van der Waals surface area contributed by atoms with Crippen LogP contribution in [0.15, 0.2) is 91.0 Å². The van der Waals surface area contributed by atoms with Gasteiger partial charge in [0.2, 0.25) is 5.79 Å². The highest BCUT2D eigenvalue weighted by Crippen LogP contribution is 2.47. The molecule has 5 heteroatoms. The van der Waals surface area contributed by atoms with Crippen LogP contribution in [0.1, 0.15) is 23.6 Å². The second-order valence-electron chi connectivity index (χ2n) is 8.01. The maximum atomic E-state index is 10.9. The van der Waals surface area contributed by atoms with Crippen LogP contribution in [0.2, 0.25) is 0 Å². The molecule has 0 saturated carbocycles. The van der Waals surface area contributed by atoms with Crippen molar-refractivity contribution in [3.63, 3.8) is 0 Å². The Morgan fingerprint density at radius 3 is 1.87 bits per heavy atom. The summed E-state index contributed by atoms with van der Waals surface area (Å²) >= 11 is 0. The van der Waals surface area contributed by atoms with E-state index in [-0.39, 0.29) is 0 Å².